The van der Waals surface area contributed by atoms with Crippen LogP contribution in [0.25, 0.3) is 0 Å². The molecule has 164 valence electrons. The number of fused-ring (bicyclic) bond motifs is 2. The number of amides is 1. The van der Waals surface area contributed by atoms with Crippen LogP contribution in [0.3, 0.4) is 0 Å². The van der Waals surface area contributed by atoms with Crippen LogP contribution in [0.5, 0.6) is 0 Å². The molecule has 0 spiro atoms. The summed E-state index contributed by atoms with van der Waals surface area (Å²) in [6.07, 6.45) is 7.55. The molecule has 5 aliphatic rings. The number of benzene rings is 2. The van der Waals surface area contributed by atoms with Gasteiger partial charge in [0.05, 0.1) is 11.3 Å². The van der Waals surface area contributed by atoms with E-state index >= 15 is 0 Å². The van der Waals surface area contributed by atoms with Crippen LogP contribution in [0, 0.1) is 24.2 Å². The van der Waals surface area contributed by atoms with Crippen molar-refractivity contribution in [3.63, 3.8) is 0 Å². The van der Waals surface area contributed by atoms with Crippen LogP contribution < -0.4 is 5.32 Å². The van der Waals surface area contributed by atoms with Crippen LogP contribution >= 0.6 is 15.9 Å². The van der Waals surface area contributed by atoms with Crippen molar-refractivity contribution in [2.45, 2.75) is 56.2 Å². The van der Waals surface area contributed by atoms with Crippen molar-refractivity contribution in [2.24, 2.45) is 17.3 Å². The van der Waals surface area contributed by atoms with E-state index in [0.29, 0.717) is 46.2 Å². The highest BCUT2D eigenvalue weighted by Gasteiger charge is 2.57. The molecule has 0 aliphatic heterocycles. The van der Waals surface area contributed by atoms with E-state index in [9.17, 15) is 14.4 Å². The molecule has 5 aliphatic carbocycles. The molecule has 4 fully saturated rings. The average molecular weight is 492 g/mol. The number of aryl methyl sites for hydroxylation is 1. The van der Waals surface area contributed by atoms with Gasteiger partial charge in [0.15, 0.2) is 11.6 Å². The molecule has 4 saturated carbocycles. The Labute approximate surface area is 196 Å². The smallest absolute Gasteiger partial charge is 0.224 e. The van der Waals surface area contributed by atoms with Crippen molar-refractivity contribution in [2.75, 3.05) is 5.32 Å². The van der Waals surface area contributed by atoms with Crippen LogP contribution in [0.4, 0.5) is 5.69 Å². The van der Waals surface area contributed by atoms with Crippen molar-refractivity contribution in [1.29, 1.82) is 0 Å². The lowest BCUT2D eigenvalue weighted by Crippen LogP contribution is -2.53. The molecule has 2 unspecified atom stereocenters. The number of rotatable bonds is 3. The second-order valence-corrected chi connectivity index (χ2v) is 12.4. The normalized spacial score (nSPS) is 31.9. The Morgan fingerprint density at radius 2 is 1.62 bits per heavy atom. The van der Waals surface area contributed by atoms with Gasteiger partial charge in [0.1, 0.15) is 0 Å². The average Bonchev–Trinajstić information content (AvgIpc) is 2.71. The molecule has 4 bridgehead atoms. The molecule has 0 aromatic heterocycles. The molecule has 0 heterocycles. The maximum Gasteiger partial charge on any atom is 0.224 e. The summed E-state index contributed by atoms with van der Waals surface area (Å²) in [6.45, 7) is 1.88. The second kappa shape index (κ2) is 6.86. The molecule has 4 nitrogen and oxygen atoms in total. The lowest BCUT2D eigenvalue weighted by molar-refractivity contribution is -0.123. The molecule has 2 aromatic carbocycles. The Kier molecular flexibility index (Phi) is 4.36. The fourth-order valence-electron chi connectivity index (χ4n) is 7.52. The van der Waals surface area contributed by atoms with Crippen LogP contribution in [-0.4, -0.2) is 21.8 Å². The van der Waals surface area contributed by atoms with E-state index in [2.05, 4.69) is 21.2 Å². The quantitative estimate of drug-likeness (QED) is 0.468. The van der Waals surface area contributed by atoms with E-state index in [1.54, 1.807) is 30.3 Å². The van der Waals surface area contributed by atoms with Gasteiger partial charge in [0, 0.05) is 27.4 Å². The Balaban J connectivity index is 1.32. The summed E-state index contributed by atoms with van der Waals surface area (Å²) in [5.74, 6) is 1.03. The van der Waals surface area contributed by atoms with E-state index < -0.39 is 0 Å². The first-order valence-corrected chi connectivity index (χ1v) is 12.4. The Hall–Kier alpha value is -2.27. The summed E-state index contributed by atoms with van der Waals surface area (Å²) in [5, 5.41) is 3.08. The SMILES string of the molecule is Cc1ccc2c(c1NC(=O)CC13CC4CC(CC(Br)(C4)C1)C3)C(=O)c1ccccc1C2=O. The fourth-order valence-corrected chi connectivity index (χ4v) is 9.03. The standard InChI is InChI=1S/C27H26BrNO3/c1-15-6-7-20-22(25(32)19-5-3-2-4-18(19)24(20)31)23(15)29-21(30)13-26-9-16-8-17(10-26)12-27(28,11-16)14-26/h2-7,16-17H,8-14H2,1H3,(H,29,30). The maximum atomic E-state index is 13.4. The second-order valence-electron chi connectivity index (χ2n) is 10.7. The van der Waals surface area contributed by atoms with Gasteiger partial charge in [-0.2, -0.15) is 0 Å². The molecule has 2 atom stereocenters. The van der Waals surface area contributed by atoms with Crippen molar-refractivity contribution >= 4 is 39.1 Å². The number of carbonyl (C=O) groups is 3. The minimum absolute atomic E-state index is 0.0429. The molecule has 32 heavy (non-hydrogen) atoms. The van der Waals surface area contributed by atoms with Gasteiger partial charge in [-0.05, 0) is 74.3 Å². The minimum atomic E-state index is -0.191. The summed E-state index contributed by atoms with van der Waals surface area (Å²) >= 11 is 4.03. The molecular formula is C27H26BrNO3. The summed E-state index contributed by atoms with van der Waals surface area (Å²) in [6, 6.07) is 10.5. The van der Waals surface area contributed by atoms with E-state index in [1.807, 2.05) is 13.0 Å². The Bertz CT molecular complexity index is 1190. The van der Waals surface area contributed by atoms with Crippen LogP contribution in [0.15, 0.2) is 36.4 Å². The summed E-state index contributed by atoms with van der Waals surface area (Å²) < 4.78 is 0.200. The lowest BCUT2D eigenvalue weighted by atomic mass is 9.48. The van der Waals surface area contributed by atoms with E-state index in [-0.39, 0.29) is 27.2 Å². The third kappa shape index (κ3) is 3.04. The molecule has 1 N–H and O–H groups in total. The number of anilines is 1. The lowest BCUT2D eigenvalue weighted by Gasteiger charge is -2.60. The van der Waals surface area contributed by atoms with Crippen LogP contribution in [-0.2, 0) is 4.79 Å². The van der Waals surface area contributed by atoms with Gasteiger partial charge in [-0.25, -0.2) is 0 Å². The summed E-state index contributed by atoms with van der Waals surface area (Å²) in [7, 11) is 0. The first-order chi connectivity index (χ1) is 15.3. The molecule has 0 saturated heterocycles. The van der Waals surface area contributed by atoms with Crippen LogP contribution in [0.2, 0.25) is 0 Å². The van der Waals surface area contributed by atoms with E-state index in [1.165, 1.54) is 19.3 Å². The number of halogens is 1. The number of nitrogens with one attached hydrogen (secondary N) is 1. The van der Waals surface area contributed by atoms with Gasteiger partial charge in [0.2, 0.25) is 5.91 Å². The zero-order chi connectivity index (χ0) is 22.3. The molecule has 7 rings (SSSR count). The molecule has 2 aromatic rings. The van der Waals surface area contributed by atoms with E-state index in [4.69, 9.17) is 0 Å². The minimum Gasteiger partial charge on any atom is -0.325 e. The predicted octanol–water partition coefficient (Wildman–Crippen LogP) is 5.83. The van der Waals surface area contributed by atoms with Gasteiger partial charge in [-0.15, -0.1) is 0 Å². The van der Waals surface area contributed by atoms with Gasteiger partial charge < -0.3 is 5.32 Å². The van der Waals surface area contributed by atoms with Gasteiger partial charge in [-0.3, -0.25) is 14.4 Å². The first kappa shape index (κ1) is 20.3. The third-order valence-corrected chi connectivity index (χ3v) is 9.14. The maximum absolute atomic E-state index is 13.4. The van der Waals surface area contributed by atoms with Gasteiger partial charge in [0.25, 0.3) is 0 Å². The first-order valence-electron chi connectivity index (χ1n) is 11.6. The number of alkyl halides is 1. The Morgan fingerprint density at radius 3 is 2.28 bits per heavy atom. The number of carbonyl (C=O) groups excluding carboxylic acids is 3. The molecule has 0 radical (unpaired) electrons. The van der Waals surface area contributed by atoms with Crippen molar-refractivity contribution in [3.8, 4) is 0 Å². The highest BCUT2D eigenvalue weighted by molar-refractivity contribution is 9.10. The van der Waals surface area contributed by atoms with E-state index in [0.717, 1.165) is 24.8 Å². The van der Waals surface area contributed by atoms with Crippen molar-refractivity contribution in [3.05, 3.63) is 64.2 Å². The zero-order valence-corrected chi connectivity index (χ0v) is 19.8. The summed E-state index contributed by atoms with van der Waals surface area (Å²) in [4.78, 5) is 39.8. The topological polar surface area (TPSA) is 63.2 Å². The van der Waals surface area contributed by atoms with Gasteiger partial charge in [-0.1, -0.05) is 46.3 Å². The molecule has 5 heteroatoms. The highest BCUT2D eigenvalue weighted by Crippen LogP contribution is 2.65. The van der Waals surface area contributed by atoms with Gasteiger partial charge >= 0.3 is 0 Å². The largest absolute Gasteiger partial charge is 0.325 e. The summed E-state index contributed by atoms with van der Waals surface area (Å²) in [5.41, 5.74) is 2.91. The molecular weight excluding hydrogens is 466 g/mol. The van der Waals surface area contributed by atoms with Crippen molar-refractivity contribution in [1.82, 2.24) is 0 Å². The number of hydrogen-bond acceptors (Lipinski definition) is 3. The predicted molar refractivity (Wildman–Crippen MR) is 127 cm³/mol. The number of ketones is 2. The zero-order valence-electron chi connectivity index (χ0n) is 18.2. The number of hydrogen-bond donors (Lipinski definition) is 1. The van der Waals surface area contributed by atoms with Crippen molar-refractivity contribution < 1.29 is 14.4 Å². The third-order valence-electron chi connectivity index (χ3n) is 8.21. The fraction of sp³-hybridized carbons (Fsp3) is 0.444. The Morgan fingerprint density at radius 1 is 0.969 bits per heavy atom. The monoisotopic (exact) mass is 491 g/mol. The highest BCUT2D eigenvalue weighted by atomic mass is 79.9. The van der Waals surface area contributed by atoms with Crippen LogP contribution in [0.1, 0.15) is 82.4 Å². The molecule has 1 amide bonds.